The zero-order chi connectivity index (χ0) is 12.1. The molecular weight excluding hydrogens is 216 g/mol. The molecule has 1 nitrogen and oxygen atoms in total. The number of ether oxygens (including phenoxy) is 1. The average molecular weight is 238 g/mol. The van der Waals surface area contributed by atoms with E-state index in [-0.39, 0.29) is 0 Å². The second-order valence-corrected chi connectivity index (χ2v) is 5.16. The summed E-state index contributed by atoms with van der Waals surface area (Å²) in [5, 5.41) is 0. The highest BCUT2D eigenvalue weighted by Crippen LogP contribution is 2.27. The first-order chi connectivity index (χ1) is 7.54. The summed E-state index contributed by atoms with van der Waals surface area (Å²) in [7, 11) is 0. The van der Waals surface area contributed by atoms with E-state index in [1.54, 1.807) is 0 Å². The number of aryl methyl sites for hydroxylation is 1. The van der Waals surface area contributed by atoms with Gasteiger partial charge in [-0.15, -0.1) is 0 Å². The number of hydrogen-bond acceptors (Lipinski definition) is 2. The predicted octanol–water partition coefficient (Wildman–Crippen LogP) is 4.06. The molecule has 16 heavy (non-hydrogen) atoms. The molecule has 1 atom stereocenters. The van der Waals surface area contributed by atoms with Gasteiger partial charge in [0.05, 0.1) is 6.61 Å². The standard InChI is InChI=1S/C14H22OS/c1-10(2)13-6-5-11(3)7-14(13)15-8-12(4)9-16/h5-7,10,12,16H,8-9H2,1-4H3. The Balaban J connectivity index is 2.80. The molecule has 0 heterocycles. The van der Waals surface area contributed by atoms with Gasteiger partial charge in [0, 0.05) is 0 Å². The smallest absolute Gasteiger partial charge is 0.123 e. The molecule has 0 N–H and O–H groups in total. The second-order valence-electron chi connectivity index (χ2n) is 4.79. The van der Waals surface area contributed by atoms with Gasteiger partial charge in [-0.2, -0.15) is 12.6 Å². The number of thiol groups is 1. The largest absolute Gasteiger partial charge is 0.493 e. The third kappa shape index (κ3) is 3.75. The topological polar surface area (TPSA) is 9.23 Å². The van der Waals surface area contributed by atoms with E-state index in [0.29, 0.717) is 11.8 Å². The monoisotopic (exact) mass is 238 g/mol. The first kappa shape index (κ1) is 13.4. The van der Waals surface area contributed by atoms with Crippen molar-refractivity contribution in [3.63, 3.8) is 0 Å². The van der Waals surface area contributed by atoms with Crippen LogP contribution in [0.25, 0.3) is 0 Å². The summed E-state index contributed by atoms with van der Waals surface area (Å²) >= 11 is 4.27. The van der Waals surface area contributed by atoms with Gasteiger partial charge in [0.15, 0.2) is 0 Å². The van der Waals surface area contributed by atoms with Gasteiger partial charge in [-0.3, -0.25) is 0 Å². The summed E-state index contributed by atoms with van der Waals surface area (Å²) in [6.07, 6.45) is 0. The fraction of sp³-hybridized carbons (Fsp3) is 0.571. The van der Waals surface area contributed by atoms with Crippen LogP contribution in [-0.4, -0.2) is 12.4 Å². The molecule has 0 fully saturated rings. The SMILES string of the molecule is Cc1ccc(C(C)C)c(OCC(C)CS)c1. The molecule has 0 spiro atoms. The van der Waals surface area contributed by atoms with E-state index in [1.807, 2.05) is 0 Å². The quantitative estimate of drug-likeness (QED) is 0.761. The Kier molecular flexibility index (Phi) is 5.20. The van der Waals surface area contributed by atoms with Crippen LogP contribution in [0.2, 0.25) is 0 Å². The van der Waals surface area contributed by atoms with Crippen molar-refractivity contribution in [3.05, 3.63) is 29.3 Å². The molecular formula is C14H22OS. The van der Waals surface area contributed by atoms with Crippen molar-refractivity contribution in [1.82, 2.24) is 0 Å². The van der Waals surface area contributed by atoms with Gasteiger partial charge in [-0.1, -0.05) is 32.9 Å². The summed E-state index contributed by atoms with van der Waals surface area (Å²) in [5.41, 5.74) is 2.54. The van der Waals surface area contributed by atoms with Gasteiger partial charge in [0.2, 0.25) is 0 Å². The molecule has 0 aromatic heterocycles. The maximum Gasteiger partial charge on any atom is 0.123 e. The van der Waals surface area contributed by atoms with Crippen LogP contribution in [0.3, 0.4) is 0 Å². The van der Waals surface area contributed by atoms with Gasteiger partial charge >= 0.3 is 0 Å². The molecule has 1 unspecified atom stereocenters. The van der Waals surface area contributed by atoms with Gasteiger partial charge in [0.1, 0.15) is 5.75 Å². The normalized spacial score (nSPS) is 12.9. The fourth-order valence-electron chi connectivity index (χ4n) is 1.53. The molecule has 1 aromatic carbocycles. The molecule has 2 heteroatoms. The summed E-state index contributed by atoms with van der Waals surface area (Å²) in [6.45, 7) is 9.38. The minimum Gasteiger partial charge on any atom is -0.493 e. The maximum absolute atomic E-state index is 5.88. The summed E-state index contributed by atoms with van der Waals surface area (Å²) < 4.78 is 5.88. The Labute approximate surface area is 105 Å². The molecule has 0 aliphatic carbocycles. The van der Waals surface area contributed by atoms with E-state index in [1.165, 1.54) is 11.1 Å². The lowest BCUT2D eigenvalue weighted by Crippen LogP contribution is -2.11. The van der Waals surface area contributed by atoms with Crippen LogP contribution < -0.4 is 4.74 Å². The lowest BCUT2D eigenvalue weighted by molar-refractivity contribution is 0.270. The van der Waals surface area contributed by atoms with Crippen LogP contribution >= 0.6 is 12.6 Å². The van der Waals surface area contributed by atoms with Crippen LogP contribution in [0.1, 0.15) is 37.8 Å². The second kappa shape index (κ2) is 6.19. The van der Waals surface area contributed by atoms with Crippen LogP contribution in [-0.2, 0) is 0 Å². The molecule has 1 rings (SSSR count). The number of rotatable bonds is 5. The minimum absolute atomic E-state index is 0.490. The van der Waals surface area contributed by atoms with Crippen molar-refractivity contribution in [2.45, 2.75) is 33.6 Å². The molecule has 0 radical (unpaired) electrons. The maximum atomic E-state index is 5.88. The Morgan fingerprint density at radius 3 is 2.50 bits per heavy atom. The van der Waals surface area contributed by atoms with E-state index in [9.17, 15) is 0 Å². The zero-order valence-electron chi connectivity index (χ0n) is 10.7. The van der Waals surface area contributed by atoms with Gasteiger partial charge < -0.3 is 4.74 Å². The highest BCUT2D eigenvalue weighted by Gasteiger charge is 2.09. The lowest BCUT2D eigenvalue weighted by Gasteiger charge is -2.16. The highest BCUT2D eigenvalue weighted by molar-refractivity contribution is 7.80. The van der Waals surface area contributed by atoms with Gasteiger partial charge in [-0.05, 0) is 41.7 Å². The van der Waals surface area contributed by atoms with Crippen molar-refractivity contribution >= 4 is 12.6 Å². The third-order valence-corrected chi connectivity index (χ3v) is 3.25. The molecule has 1 aromatic rings. The van der Waals surface area contributed by atoms with Crippen LogP contribution in [0.5, 0.6) is 5.75 Å². The van der Waals surface area contributed by atoms with E-state index < -0.39 is 0 Å². The Hall–Kier alpha value is -0.630. The van der Waals surface area contributed by atoms with Gasteiger partial charge in [0.25, 0.3) is 0 Å². The fourth-order valence-corrected chi connectivity index (χ4v) is 1.63. The molecule has 0 aliphatic heterocycles. The van der Waals surface area contributed by atoms with Gasteiger partial charge in [-0.25, -0.2) is 0 Å². The lowest BCUT2D eigenvalue weighted by atomic mass is 10.0. The first-order valence-electron chi connectivity index (χ1n) is 5.88. The average Bonchev–Trinajstić information content (AvgIpc) is 2.25. The predicted molar refractivity (Wildman–Crippen MR) is 73.8 cm³/mol. The number of hydrogen-bond donors (Lipinski definition) is 1. The Morgan fingerprint density at radius 2 is 1.94 bits per heavy atom. The minimum atomic E-state index is 0.490. The van der Waals surface area contributed by atoms with E-state index in [2.05, 4.69) is 58.5 Å². The van der Waals surface area contributed by atoms with Crippen LogP contribution in [0.15, 0.2) is 18.2 Å². The van der Waals surface area contributed by atoms with E-state index >= 15 is 0 Å². The molecule has 0 amide bonds. The third-order valence-electron chi connectivity index (χ3n) is 2.63. The van der Waals surface area contributed by atoms with Crippen LogP contribution in [0.4, 0.5) is 0 Å². The van der Waals surface area contributed by atoms with E-state index in [4.69, 9.17) is 4.74 Å². The van der Waals surface area contributed by atoms with Crippen LogP contribution in [0, 0.1) is 12.8 Å². The van der Waals surface area contributed by atoms with Crippen molar-refractivity contribution < 1.29 is 4.74 Å². The molecule has 0 bridgehead atoms. The van der Waals surface area contributed by atoms with Crippen molar-refractivity contribution in [3.8, 4) is 5.75 Å². The molecule has 0 aliphatic rings. The van der Waals surface area contributed by atoms with Crippen molar-refractivity contribution in [1.29, 1.82) is 0 Å². The number of benzene rings is 1. The Bertz CT molecular complexity index is 334. The van der Waals surface area contributed by atoms with Crippen molar-refractivity contribution in [2.24, 2.45) is 5.92 Å². The molecule has 0 saturated carbocycles. The van der Waals surface area contributed by atoms with Crippen molar-refractivity contribution in [2.75, 3.05) is 12.4 Å². The molecule has 0 saturated heterocycles. The first-order valence-corrected chi connectivity index (χ1v) is 6.52. The zero-order valence-corrected chi connectivity index (χ0v) is 11.6. The summed E-state index contributed by atoms with van der Waals surface area (Å²) in [5.74, 6) is 2.89. The Morgan fingerprint density at radius 1 is 1.25 bits per heavy atom. The summed E-state index contributed by atoms with van der Waals surface area (Å²) in [4.78, 5) is 0. The molecule has 90 valence electrons. The highest BCUT2D eigenvalue weighted by atomic mass is 32.1. The van der Waals surface area contributed by atoms with E-state index in [0.717, 1.165) is 18.1 Å². The summed E-state index contributed by atoms with van der Waals surface area (Å²) in [6, 6.07) is 6.44.